The molecule has 0 aromatic carbocycles. The lowest BCUT2D eigenvalue weighted by Gasteiger charge is -2.23. The fourth-order valence-corrected chi connectivity index (χ4v) is 0.902. The van der Waals surface area contributed by atoms with E-state index in [9.17, 15) is 14.4 Å². The summed E-state index contributed by atoms with van der Waals surface area (Å²) < 4.78 is 0. The van der Waals surface area contributed by atoms with Crippen molar-refractivity contribution in [2.45, 2.75) is 18.4 Å². The number of nitrogens with zero attached hydrogens (tertiary/aromatic N) is 3. The highest BCUT2D eigenvalue weighted by atomic mass is 16.7. The first kappa shape index (κ1) is 13.5. The van der Waals surface area contributed by atoms with Gasteiger partial charge in [-0.05, 0) is 5.53 Å². The van der Waals surface area contributed by atoms with E-state index in [1.165, 1.54) is 0 Å². The number of carbonyl (C=O) groups is 3. The van der Waals surface area contributed by atoms with Gasteiger partial charge in [-0.2, -0.15) is 0 Å². The number of hydrogen-bond acceptors (Lipinski definition) is 5. The SMILES string of the molecule is [N-]=[N+]=NOC(CC(=O)O)(CC(=O)O)C(=O)O. The molecule has 3 N–H and O–H groups in total. The van der Waals surface area contributed by atoms with Crippen molar-refractivity contribution < 1.29 is 34.5 Å². The van der Waals surface area contributed by atoms with Crippen LogP contribution in [0.25, 0.3) is 10.4 Å². The minimum absolute atomic E-state index is 1.15. The Labute approximate surface area is 87.6 Å². The monoisotopic (exact) mass is 233 g/mol. The van der Waals surface area contributed by atoms with E-state index >= 15 is 0 Å². The van der Waals surface area contributed by atoms with E-state index in [-0.39, 0.29) is 0 Å². The molecule has 0 amide bonds. The van der Waals surface area contributed by atoms with Gasteiger partial charge >= 0.3 is 17.9 Å². The first-order valence-corrected chi connectivity index (χ1v) is 3.73. The van der Waals surface area contributed by atoms with Crippen LogP contribution in [-0.4, -0.2) is 38.8 Å². The van der Waals surface area contributed by atoms with Crippen molar-refractivity contribution in [3.05, 3.63) is 10.4 Å². The molecule has 16 heavy (non-hydrogen) atoms. The number of carboxylic acid groups (broad SMARTS) is 3. The Kier molecular flexibility index (Phi) is 4.57. The van der Waals surface area contributed by atoms with Crippen LogP contribution in [-0.2, 0) is 19.2 Å². The molecule has 0 aromatic heterocycles. The van der Waals surface area contributed by atoms with Gasteiger partial charge in [-0.25, -0.2) is 4.79 Å². The van der Waals surface area contributed by atoms with E-state index in [1.54, 1.807) is 0 Å². The van der Waals surface area contributed by atoms with Crippen molar-refractivity contribution in [2.24, 2.45) is 5.28 Å². The summed E-state index contributed by atoms with van der Waals surface area (Å²) in [6.07, 6.45) is -2.29. The van der Waals surface area contributed by atoms with Gasteiger partial charge in [0.2, 0.25) is 5.60 Å². The Hall–Kier alpha value is -2.48. The molecule has 0 rings (SSSR count). The average Bonchev–Trinajstić information content (AvgIpc) is 2.11. The fourth-order valence-electron chi connectivity index (χ4n) is 0.902. The molecule has 0 spiro atoms. The number of azide groups is 1. The molecule has 0 saturated heterocycles. The van der Waals surface area contributed by atoms with E-state index in [0.717, 1.165) is 0 Å². The van der Waals surface area contributed by atoms with Crippen LogP contribution in [0.2, 0.25) is 0 Å². The number of rotatable bonds is 7. The van der Waals surface area contributed by atoms with E-state index in [2.05, 4.69) is 15.0 Å². The van der Waals surface area contributed by atoms with Crippen LogP contribution in [0.5, 0.6) is 0 Å². The molecular formula is C6H7N3O7. The maximum Gasteiger partial charge on any atom is 0.349 e. The molecule has 0 unspecified atom stereocenters. The van der Waals surface area contributed by atoms with E-state index in [4.69, 9.17) is 20.9 Å². The maximum absolute atomic E-state index is 10.8. The van der Waals surface area contributed by atoms with Crippen LogP contribution >= 0.6 is 0 Å². The summed E-state index contributed by atoms with van der Waals surface area (Å²) in [4.78, 5) is 37.7. The van der Waals surface area contributed by atoms with Crippen molar-refractivity contribution in [3.8, 4) is 0 Å². The molecule has 0 aliphatic rings. The van der Waals surface area contributed by atoms with Crippen LogP contribution < -0.4 is 0 Å². The van der Waals surface area contributed by atoms with Crippen molar-refractivity contribution in [1.29, 1.82) is 0 Å². The number of carboxylic acids is 3. The second-order valence-corrected chi connectivity index (χ2v) is 2.70. The molecule has 0 aromatic rings. The molecule has 0 aliphatic heterocycles. The normalized spacial score (nSPS) is 10.0. The Balaban J connectivity index is 5.18. The van der Waals surface area contributed by atoms with Gasteiger partial charge in [0.1, 0.15) is 5.28 Å². The maximum atomic E-state index is 10.8. The van der Waals surface area contributed by atoms with Gasteiger partial charge in [0, 0.05) is 4.91 Å². The lowest BCUT2D eigenvalue weighted by Crippen LogP contribution is -2.44. The largest absolute Gasteiger partial charge is 0.481 e. The topological polar surface area (TPSA) is 170 Å². The van der Waals surface area contributed by atoms with Crippen LogP contribution in [0.3, 0.4) is 0 Å². The van der Waals surface area contributed by atoms with Crippen LogP contribution in [0.1, 0.15) is 12.8 Å². The molecule has 10 nitrogen and oxygen atoms in total. The van der Waals surface area contributed by atoms with Crippen LogP contribution in [0, 0.1) is 0 Å². The third-order valence-electron chi connectivity index (χ3n) is 1.52. The van der Waals surface area contributed by atoms with Crippen molar-refractivity contribution >= 4 is 17.9 Å². The second kappa shape index (κ2) is 5.41. The van der Waals surface area contributed by atoms with Crippen molar-refractivity contribution in [2.75, 3.05) is 0 Å². The van der Waals surface area contributed by atoms with Gasteiger partial charge in [0.25, 0.3) is 0 Å². The van der Waals surface area contributed by atoms with E-state index in [0.29, 0.717) is 0 Å². The average molecular weight is 233 g/mol. The Morgan fingerprint density at radius 1 is 1.19 bits per heavy atom. The minimum atomic E-state index is -2.61. The molecule has 0 aliphatic carbocycles. The first-order valence-electron chi connectivity index (χ1n) is 3.73. The van der Waals surface area contributed by atoms with Gasteiger partial charge in [-0.15, -0.1) is 0 Å². The zero-order chi connectivity index (χ0) is 12.8. The molecule has 0 heterocycles. The Morgan fingerprint density at radius 3 is 1.88 bits per heavy atom. The Morgan fingerprint density at radius 2 is 1.62 bits per heavy atom. The summed E-state index contributed by atoms with van der Waals surface area (Å²) in [6, 6.07) is 0. The molecule has 0 saturated carbocycles. The fraction of sp³-hybridized carbons (Fsp3) is 0.500. The van der Waals surface area contributed by atoms with E-state index in [1.807, 2.05) is 0 Å². The van der Waals surface area contributed by atoms with Crippen LogP contribution in [0.4, 0.5) is 0 Å². The molecule has 0 radical (unpaired) electrons. The molecule has 88 valence electrons. The smallest absolute Gasteiger partial charge is 0.349 e. The highest BCUT2D eigenvalue weighted by Crippen LogP contribution is 2.22. The standard InChI is InChI=1S/C6H7N3O7/c7-8-9-16-6(5(14)15,1-3(10)11)2-4(12)13/h1-2H2,(H,10,11)(H,12,13)(H,14,15). The molecule has 10 heteroatoms. The predicted octanol–water partition coefficient (Wildman–Crippen LogP) is 0.00110. The molecule has 0 atom stereocenters. The summed E-state index contributed by atoms with van der Waals surface area (Å²) in [5, 5.41) is 28.0. The summed E-state index contributed by atoms with van der Waals surface area (Å²) in [7, 11) is 0. The third-order valence-corrected chi connectivity index (χ3v) is 1.52. The summed E-state index contributed by atoms with van der Waals surface area (Å²) >= 11 is 0. The van der Waals surface area contributed by atoms with Crippen molar-refractivity contribution in [1.82, 2.24) is 0 Å². The second-order valence-electron chi connectivity index (χ2n) is 2.70. The van der Waals surface area contributed by atoms with Crippen molar-refractivity contribution in [3.63, 3.8) is 0 Å². The molecular weight excluding hydrogens is 226 g/mol. The van der Waals surface area contributed by atoms with Crippen LogP contribution in [0.15, 0.2) is 5.28 Å². The molecule has 0 fully saturated rings. The van der Waals surface area contributed by atoms with Gasteiger partial charge in [-0.1, -0.05) is 0 Å². The summed E-state index contributed by atoms with van der Waals surface area (Å²) in [6.45, 7) is 0. The van der Waals surface area contributed by atoms with Gasteiger partial charge in [-0.3, -0.25) is 9.59 Å². The zero-order valence-electron chi connectivity index (χ0n) is 7.73. The first-order chi connectivity index (χ1) is 7.34. The van der Waals surface area contributed by atoms with Gasteiger partial charge < -0.3 is 20.2 Å². The zero-order valence-corrected chi connectivity index (χ0v) is 7.73. The summed E-state index contributed by atoms with van der Waals surface area (Å²) in [5.41, 5.74) is 5.32. The predicted molar refractivity (Wildman–Crippen MR) is 45.1 cm³/mol. The van der Waals surface area contributed by atoms with Gasteiger partial charge in [0.05, 0.1) is 12.8 Å². The lowest BCUT2D eigenvalue weighted by molar-refractivity contribution is -0.178. The Bertz CT molecular complexity index is 335. The van der Waals surface area contributed by atoms with E-state index < -0.39 is 36.4 Å². The highest BCUT2D eigenvalue weighted by molar-refractivity contribution is 5.88. The summed E-state index contributed by atoms with van der Waals surface area (Å²) in [5.74, 6) is -5.04. The van der Waals surface area contributed by atoms with Gasteiger partial charge in [0.15, 0.2) is 0 Å². The quantitative estimate of drug-likeness (QED) is 0.240. The highest BCUT2D eigenvalue weighted by Gasteiger charge is 2.45. The third kappa shape index (κ3) is 3.72. The minimum Gasteiger partial charge on any atom is -0.481 e. The lowest BCUT2D eigenvalue weighted by atomic mass is 9.96. The molecule has 0 bridgehead atoms. The number of aliphatic carboxylic acids is 3. The number of hydrogen-bond donors (Lipinski definition) is 3.